The fourth-order valence-corrected chi connectivity index (χ4v) is 3.47. The number of carbonyl (C=O) groups excluding carboxylic acids is 1. The number of nitrogens with zero attached hydrogens (tertiary/aromatic N) is 1. The molecular formula is C17H25NOS. The van der Waals surface area contributed by atoms with Gasteiger partial charge < -0.3 is 4.90 Å². The first kappa shape index (κ1) is 15.4. The molecule has 0 N–H and O–H groups in total. The van der Waals surface area contributed by atoms with Crippen molar-refractivity contribution in [3.8, 4) is 0 Å². The van der Waals surface area contributed by atoms with E-state index >= 15 is 0 Å². The van der Waals surface area contributed by atoms with Gasteiger partial charge in [-0.3, -0.25) is 4.79 Å². The van der Waals surface area contributed by atoms with Crippen LogP contribution in [-0.2, 0) is 4.79 Å². The number of aryl methyl sites for hydroxylation is 2. The zero-order valence-electron chi connectivity index (χ0n) is 12.7. The number of benzene rings is 1. The van der Waals surface area contributed by atoms with Crippen LogP contribution < -0.4 is 0 Å². The van der Waals surface area contributed by atoms with Gasteiger partial charge in [0.1, 0.15) is 0 Å². The number of likely N-dealkylation sites (tertiary alicyclic amines) is 1. The van der Waals surface area contributed by atoms with Crippen molar-refractivity contribution in [3.05, 3.63) is 29.3 Å². The molecule has 2 nitrogen and oxygen atoms in total. The second kappa shape index (κ2) is 7.72. The lowest BCUT2D eigenvalue weighted by Gasteiger charge is -2.20. The van der Waals surface area contributed by atoms with Crippen molar-refractivity contribution in [3.63, 3.8) is 0 Å². The van der Waals surface area contributed by atoms with Crippen LogP contribution in [0.3, 0.4) is 0 Å². The van der Waals surface area contributed by atoms with E-state index in [9.17, 15) is 4.79 Å². The molecule has 0 bridgehead atoms. The SMILES string of the molecule is Cc1ccc(SCCC(=O)N2CCCCCC2)cc1C. The molecule has 0 unspecified atom stereocenters. The summed E-state index contributed by atoms with van der Waals surface area (Å²) >= 11 is 1.79. The Morgan fingerprint density at radius 2 is 1.80 bits per heavy atom. The molecule has 0 saturated carbocycles. The predicted molar refractivity (Wildman–Crippen MR) is 86.3 cm³/mol. The van der Waals surface area contributed by atoms with Gasteiger partial charge in [-0.1, -0.05) is 18.9 Å². The Kier molecular flexibility index (Phi) is 5.96. The van der Waals surface area contributed by atoms with E-state index in [4.69, 9.17) is 0 Å². The van der Waals surface area contributed by atoms with Crippen LogP contribution in [0, 0.1) is 13.8 Å². The molecule has 0 radical (unpaired) electrons. The zero-order valence-corrected chi connectivity index (χ0v) is 13.5. The molecule has 1 aromatic carbocycles. The van der Waals surface area contributed by atoms with Crippen molar-refractivity contribution in [2.24, 2.45) is 0 Å². The van der Waals surface area contributed by atoms with E-state index in [1.165, 1.54) is 41.7 Å². The Hall–Kier alpha value is -0.960. The zero-order chi connectivity index (χ0) is 14.4. The number of hydrogen-bond donors (Lipinski definition) is 0. The minimum Gasteiger partial charge on any atom is -0.343 e. The lowest BCUT2D eigenvalue weighted by atomic mass is 10.1. The van der Waals surface area contributed by atoms with Crippen molar-refractivity contribution in [1.29, 1.82) is 0 Å². The summed E-state index contributed by atoms with van der Waals surface area (Å²) in [5, 5.41) is 0. The van der Waals surface area contributed by atoms with Gasteiger partial charge in [0.2, 0.25) is 5.91 Å². The molecule has 1 fully saturated rings. The highest BCUT2D eigenvalue weighted by Crippen LogP contribution is 2.22. The lowest BCUT2D eigenvalue weighted by molar-refractivity contribution is -0.130. The fourth-order valence-electron chi connectivity index (χ4n) is 2.54. The molecule has 2 rings (SSSR count). The van der Waals surface area contributed by atoms with Crippen LogP contribution in [0.4, 0.5) is 0 Å². The molecule has 20 heavy (non-hydrogen) atoms. The molecule has 0 spiro atoms. The third-order valence-electron chi connectivity index (χ3n) is 4.02. The van der Waals surface area contributed by atoms with Gasteiger partial charge in [0, 0.05) is 30.2 Å². The minimum atomic E-state index is 0.336. The highest BCUT2D eigenvalue weighted by Gasteiger charge is 2.14. The van der Waals surface area contributed by atoms with Gasteiger partial charge in [0.05, 0.1) is 0 Å². The topological polar surface area (TPSA) is 20.3 Å². The van der Waals surface area contributed by atoms with Crippen molar-refractivity contribution in [2.75, 3.05) is 18.8 Å². The number of hydrogen-bond acceptors (Lipinski definition) is 2. The monoisotopic (exact) mass is 291 g/mol. The third kappa shape index (κ3) is 4.55. The van der Waals surface area contributed by atoms with Gasteiger partial charge in [-0.25, -0.2) is 0 Å². The van der Waals surface area contributed by atoms with Gasteiger partial charge in [0.15, 0.2) is 0 Å². The summed E-state index contributed by atoms with van der Waals surface area (Å²) < 4.78 is 0. The quantitative estimate of drug-likeness (QED) is 0.775. The van der Waals surface area contributed by atoms with E-state index in [2.05, 4.69) is 36.9 Å². The average Bonchev–Trinajstić information content (AvgIpc) is 2.71. The van der Waals surface area contributed by atoms with Crippen LogP contribution in [0.15, 0.2) is 23.1 Å². The minimum absolute atomic E-state index is 0.336. The number of carbonyl (C=O) groups is 1. The van der Waals surface area contributed by atoms with Crippen LogP contribution in [-0.4, -0.2) is 29.6 Å². The lowest BCUT2D eigenvalue weighted by Crippen LogP contribution is -2.31. The van der Waals surface area contributed by atoms with Crippen LogP contribution in [0.1, 0.15) is 43.2 Å². The summed E-state index contributed by atoms with van der Waals surface area (Å²) in [7, 11) is 0. The summed E-state index contributed by atoms with van der Waals surface area (Å²) in [6.07, 6.45) is 5.58. The Morgan fingerprint density at radius 1 is 1.10 bits per heavy atom. The normalized spacial score (nSPS) is 16.0. The highest BCUT2D eigenvalue weighted by molar-refractivity contribution is 7.99. The van der Waals surface area contributed by atoms with E-state index in [0.717, 1.165) is 18.8 Å². The van der Waals surface area contributed by atoms with Crippen molar-refractivity contribution in [1.82, 2.24) is 4.90 Å². The summed E-state index contributed by atoms with van der Waals surface area (Å²) in [5.41, 5.74) is 2.66. The Bertz CT molecular complexity index is 450. The third-order valence-corrected chi connectivity index (χ3v) is 5.02. The largest absolute Gasteiger partial charge is 0.343 e. The summed E-state index contributed by atoms with van der Waals surface area (Å²) in [5.74, 6) is 1.22. The maximum absolute atomic E-state index is 12.2. The summed E-state index contributed by atoms with van der Waals surface area (Å²) in [4.78, 5) is 15.5. The van der Waals surface area contributed by atoms with Gasteiger partial charge in [-0.2, -0.15) is 0 Å². The van der Waals surface area contributed by atoms with E-state index in [1.54, 1.807) is 11.8 Å². The second-order valence-electron chi connectivity index (χ2n) is 5.64. The van der Waals surface area contributed by atoms with Gasteiger partial charge in [0.25, 0.3) is 0 Å². The first-order valence-corrected chi connectivity index (χ1v) is 8.63. The Labute approximate surface area is 126 Å². The van der Waals surface area contributed by atoms with Crippen LogP contribution in [0.25, 0.3) is 0 Å². The van der Waals surface area contributed by atoms with E-state index in [-0.39, 0.29) is 0 Å². The fraction of sp³-hybridized carbons (Fsp3) is 0.588. The first-order chi connectivity index (χ1) is 9.66. The smallest absolute Gasteiger partial charge is 0.223 e. The standard InChI is InChI=1S/C17H25NOS/c1-14-7-8-16(13-15(14)2)20-12-9-17(19)18-10-5-3-4-6-11-18/h7-8,13H,3-6,9-12H2,1-2H3. The van der Waals surface area contributed by atoms with Crippen molar-refractivity contribution in [2.45, 2.75) is 50.8 Å². The van der Waals surface area contributed by atoms with Crippen LogP contribution in [0.5, 0.6) is 0 Å². The average molecular weight is 291 g/mol. The summed E-state index contributed by atoms with van der Waals surface area (Å²) in [6, 6.07) is 6.54. The summed E-state index contributed by atoms with van der Waals surface area (Å²) in [6.45, 7) is 6.20. The molecular weight excluding hydrogens is 266 g/mol. The molecule has 1 aliphatic rings. The van der Waals surface area contributed by atoms with Crippen LogP contribution >= 0.6 is 11.8 Å². The van der Waals surface area contributed by atoms with Gasteiger partial charge in [-0.15, -0.1) is 11.8 Å². The molecule has 0 atom stereocenters. The number of rotatable bonds is 4. The molecule has 0 aliphatic carbocycles. The molecule has 1 heterocycles. The van der Waals surface area contributed by atoms with Crippen molar-refractivity contribution < 1.29 is 4.79 Å². The Morgan fingerprint density at radius 3 is 2.45 bits per heavy atom. The molecule has 1 aliphatic heterocycles. The molecule has 1 saturated heterocycles. The van der Waals surface area contributed by atoms with E-state index < -0.39 is 0 Å². The molecule has 1 aromatic rings. The predicted octanol–water partition coefficient (Wildman–Crippen LogP) is 4.19. The molecule has 110 valence electrons. The Balaban J connectivity index is 1.76. The molecule has 0 aromatic heterocycles. The number of amides is 1. The maximum Gasteiger partial charge on any atom is 0.223 e. The maximum atomic E-state index is 12.2. The molecule has 3 heteroatoms. The second-order valence-corrected chi connectivity index (χ2v) is 6.81. The van der Waals surface area contributed by atoms with E-state index in [0.29, 0.717) is 12.3 Å². The highest BCUT2D eigenvalue weighted by atomic mass is 32.2. The van der Waals surface area contributed by atoms with Crippen LogP contribution in [0.2, 0.25) is 0 Å². The molecule has 1 amide bonds. The number of thioether (sulfide) groups is 1. The van der Waals surface area contributed by atoms with Crippen molar-refractivity contribution >= 4 is 17.7 Å². The van der Waals surface area contributed by atoms with E-state index in [1.807, 2.05) is 0 Å². The van der Waals surface area contributed by atoms with Gasteiger partial charge >= 0.3 is 0 Å². The van der Waals surface area contributed by atoms with Gasteiger partial charge in [-0.05, 0) is 49.9 Å². The first-order valence-electron chi connectivity index (χ1n) is 7.64.